The van der Waals surface area contributed by atoms with Crippen molar-refractivity contribution in [1.82, 2.24) is 0 Å². The van der Waals surface area contributed by atoms with E-state index in [4.69, 9.17) is 9.84 Å². The lowest BCUT2D eigenvalue weighted by molar-refractivity contribution is -0.153. The molecule has 0 rings (SSSR count). The molecule has 0 saturated carbocycles. The maximum absolute atomic E-state index is 12.0. The van der Waals surface area contributed by atoms with Gasteiger partial charge in [-0.1, -0.05) is 122 Å². The van der Waals surface area contributed by atoms with Crippen LogP contribution in [0.3, 0.4) is 0 Å². The van der Waals surface area contributed by atoms with Crippen LogP contribution in [0.5, 0.6) is 0 Å². The quantitative estimate of drug-likeness (QED) is 0.0760. The van der Waals surface area contributed by atoms with Crippen LogP contribution in [0.15, 0.2) is 12.2 Å². The first kappa shape index (κ1) is 32.7. The van der Waals surface area contributed by atoms with E-state index >= 15 is 0 Å². The summed E-state index contributed by atoms with van der Waals surface area (Å²) in [5.74, 6) is -1.76. The number of allylic oxidation sites excluding steroid dienone is 2. The second-order valence-corrected chi connectivity index (χ2v) is 9.96. The third kappa shape index (κ3) is 23.8. The van der Waals surface area contributed by atoms with Gasteiger partial charge >= 0.3 is 11.9 Å². The second kappa shape index (κ2) is 26.3. The number of rotatable bonds is 26. The van der Waals surface area contributed by atoms with Crippen LogP contribution < -0.4 is 0 Å². The SMILES string of the molecule is CCCCCCCCCCCCC/C=C/CCCCCCCCC(CC(=O)O)C(=O)OCCC. The van der Waals surface area contributed by atoms with Gasteiger partial charge in [0.25, 0.3) is 0 Å². The van der Waals surface area contributed by atoms with Crippen molar-refractivity contribution in [3.05, 3.63) is 12.2 Å². The average Bonchev–Trinajstić information content (AvgIpc) is 2.82. The first-order valence-electron chi connectivity index (χ1n) is 14.6. The Hall–Kier alpha value is -1.32. The fourth-order valence-corrected chi connectivity index (χ4v) is 4.36. The van der Waals surface area contributed by atoms with Crippen molar-refractivity contribution in [2.45, 2.75) is 155 Å². The maximum Gasteiger partial charge on any atom is 0.309 e. The van der Waals surface area contributed by atoms with E-state index < -0.39 is 11.9 Å². The van der Waals surface area contributed by atoms with Gasteiger partial charge in [0.1, 0.15) is 0 Å². The molecule has 4 nitrogen and oxygen atoms in total. The summed E-state index contributed by atoms with van der Waals surface area (Å²) < 4.78 is 5.14. The van der Waals surface area contributed by atoms with Gasteiger partial charge in [0.2, 0.25) is 0 Å². The summed E-state index contributed by atoms with van der Waals surface area (Å²) in [6.45, 7) is 4.60. The smallest absolute Gasteiger partial charge is 0.309 e. The molecule has 0 aromatic heterocycles. The Morgan fingerprint density at radius 1 is 0.647 bits per heavy atom. The Bertz CT molecular complexity index is 486. The van der Waals surface area contributed by atoms with Gasteiger partial charge in [-0.15, -0.1) is 0 Å². The van der Waals surface area contributed by atoms with Crippen LogP contribution in [-0.4, -0.2) is 23.7 Å². The fraction of sp³-hybridized carbons (Fsp3) is 0.867. The number of carbonyl (C=O) groups excluding carboxylic acids is 1. The topological polar surface area (TPSA) is 63.6 Å². The molecule has 0 aliphatic carbocycles. The Balaban J connectivity index is 3.45. The van der Waals surface area contributed by atoms with E-state index in [1.807, 2.05) is 6.92 Å². The van der Waals surface area contributed by atoms with E-state index in [0.29, 0.717) is 13.0 Å². The van der Waals surface area contributed by atoms with Crippen molar-refractivity contribution in [2.24, 2.45) is 5.92 Å². The van der Waals surface area contributed by atoms with Crippen molar-refractivity contribution in [1.29, 1.82) is 0 Å². The largest absolute Gasteiger partial charge is 0.481 e. The molecular weight excluding hydrogens is 424 g/mol. The normalized spacial score (nSPS) is 12.3. The van der Waals surface area contributed by atoms with Gasteiger partial charge in [-0.05, 0) is 38.5 Å². The molecule has 4 heteroatoms. The average molecular weight is 481 g/mol. The van der Waals surface area contributed by atoms with Crippen LogP contribution in [0.2, 0.25) is 0 Å². The number of aliphatic carboxylic acids is 1. The molecule has 0 amide bonds. The van der Waals surface area contributed by atoms with Gasteiger partial charge in [0, 0.05) is 0 Å². The first-order valence-corrected chi connectivity index (χ1v) is 14.6. The highest BCUT2D eigenvalue weighted by Gasteiger charge is 2.22. The molecule has 200 valence electrons. The fourth-order valence-electron chi connectivity index (χ4n) is 4.36. The van der Waals surface area contributed by atoms with E-state index in [-0.39, 0.29) is 12.4 Å². The van der Waals surface area contributed by atoms with Crippen LogP contribution in [0.25, 0.3) is 0 Å². The van der Waals surface area contributed by atoms with Crippen LogP contribution in [0, 0.1) is 5.92 Å². The molecule has 0 aromatic carbocycles. The van der Waals surface area contributed by atoms with E-state index in [1.54, 1.807) is 0 Å². The highest BCUT2D eigenvalue weighted by molar-refractivity contribution is 5.79. The monoisotopic (exact) mass is 480 g/mol. The number of carbonyl (C=O) groups is 2. The van der Waals surface area contributed by atoms with Gasteiger partial charge in [-0.25, -0.2) is 0 Å². The van der Waals surface area contributed by atoms with Gasteiger partial charge in [-0.3, -0.25) is 9.59 Å². The lowest BCUT2D eigenvalue weighted by Crippen LogP contribution is -2.21. The zero-order valence-electron chi connectivity index (χ0n) is 22.7. The number of ether oxygens (including phenoxy) is 1. The predicted octanol–water partition coefficient (Wildman–Crippen LogP) is 9.41. The van der Waals surface area contributed by atoms with Crippen molar-refractivity contribution in [3.8, 4) is 0 Å². The standard InChI is InChI=1S/C30H56O4/c1-3-5-6-7-8-9-10-11-12-13-14-15-16-17-18-19-20-21-22-23-24-25-28(27-29(31)32)30(33)34-26-4-2/h16-17,28H,3-15,18-27H2,1-2H3,(H,31,32)/b17-16+. The summed E-state index contributed by atoms with van der Waals surface area (Å²) >= 11 is 0. The van der Waals surface area contributed by atoms with Crippen LogP contribution in [-0.2, 0) is 14.3 Å². The molecule has 0 aromatic rings. The van der Waals surface area contributed by atoms with Gasteiger partial charge in [0.05, 0.1) is 18.9 Å². The molecule has 1 atom stereocenters. The van der Waals surface area contributed by atoms with Crippen LogP contribution >= 0.6 is 0 Å². The van der Waals surface area contributed by atoms with Crippen LogP contribution in [0.4, 0.5) is 0 Å². The Kier molecular flexibility index (Phi) is 25.3. The first-order chi connectivity index (χ1) is 16.6. The summed E-state index contributed by atoms with van der Waals surface area (Å²) in [5, 5.41) is 9.02. The molecule has 0 saturated heterocycles. The summed E-state index contributed by atoms with van der Waals surface area (Å²) in [4.78, 5) is 23.0. The van der Waals surface area contributed by atoms with E-state index in [2.05, 4.69) is 19.1 Å². The Morgan fingerprint density at radius 3 is 1.53 bits per heavy atom. The van der Waals surface area contributed by atoms with Gasteiger partial charge in [-0.2, -0.15) is 0 Å². The van der Waals surface area contributed by atoms with Crippen molar-refractivity contribution < 1.29 is 19.4 Å². The van der Waals surface area contributed by atoms with E-state index in [1.165, 1.54) is 103 Å². The molecule has 34 heavy (non-hydrogen) atoms. The second-order valence-electron chi connectivity index (χ2n) is 9.96. The number of hydrogen-bond acceptors (Lipinski definition) is 3. The number of esters is 1. The Labute approximate surface area is 211 Å². The predicted molar refractivity (Wildman–Crippen MR) is 144 cm³/mol. The molecule has 0 bridgehead atoms. The number of hydrogen-bond donors (Lipinski definition) is 1. The van der Waals surface area contributed by atoms with Crippen molar-refractivity contribution in [3.63, 3.8) is 0 Å². The molecule has 1 N–H and O–H groups in total. The lowest BCUT2D eigenvalue weighted by atomic mass is 9.97. The zero-order chi connectivity index (χ0) is 25.1. The molecular formula is C30H56O4. The molecule has 0 heterocycles. The lowest BCUT2D eigenvalue weighted by Gasteiger charge is -2.13. The molecule has 0 aliphatic rings. The molecule has 0 radical (unpaired) electrons. The minimum Gasteiger partial charge on any atom is -0.481 e. The molecule has 0 spiro atoms. The highest BCUT2D eigenvalue weighted by atomic mass is 16.5. The number of unbranched alkanes of at least 4 members (excludes halogenated alkanes) is 17. The zero-order valence-corrected chi connectivity index (χ0v) is 22.7. The summed E-state index contributed by atoms with van der Waals surface area (Å²) in [7, 11) is 0. The molecule has 0 fully saturated rings. The summed E-state index contributed by atoms with van der Waals surface area (Å²) in [6.07, 6.45) is 30.7. The number of carboxylic acid groups (broad SMARTS) is 1. The van der Waals surface area contributed by atoms with E-state index in [0.717, 1.165) is 25.7 Å². The van der Waals surface area contributed by atoms with Gasteiger partial charge in [0.15, 0.2) is 0 Å². The minimum atomic E-state index is -0.921. The molecule has 1 unspecified atom stereocenters. The number of carboxylic acids is 1. The summed E-state index contributed by atoms with van der Waals surface area (Å²) in [5.41, 5.74) is 0. The van der Waals surface area contributed by atoms with Gasteiger partial charge < -0.3 is 9.84 Å². The third-order valence-electron chi connectivity index (χ3n) is 6.52. The van der Waals surface area contributed by atoms with Crippen molar-refractivity contribution in [2.75, 3.05) is 6.61 Å². The summed E-state index contributed by atoms with van der Waals surface area (Å²) in [6, 6.07) is 0. The third-order valence-corrected chi connectivity index (χ3v) is 6.52. The van der Waals surface area contributed by atoms with Crippen LogP contribution in [0.1, 0.15) is 155 Å². The maximum atomic E-state index is 12.0. The highest BCUT2D eigenvalue weighted by Crippen LogP contribution is 2.18. The van der Waals surface area contributed by atoms with E-state index in [9.17, 15) is 9.59 Å². The Morgan fingerprint density at radius 2 is 1.09 bits per heavy atom. The molecule has 0 aliphatic heterocycles. The minimum absolute atomic E-state index is 0.117. The van der Waals surface area contributed by atoms with Crippen molar-refractivity contribution >= 4 is 11.9 Å².